The van der Waals surface area contributed by atoms with Gasteiger partial charge in [-0.15, -0.1) is 22.7 Å². The van der Waals surface area contributed by atoms with Crippen molar-refractivity contribution in [3.05, 3.63) is 154 Å². The molecule has 0 unspecified atom stereocenters. The van der Waals surface area contributed by atoms with E-state index >= 15 is 0 Å². The molecule has 5 aromatic carbocycles. The molecule has 356 valence electrons. The Bertz CT molecular complexity index is 2980. The molecule has 0 aliphatic heterocycles. The lowest BCUT2D eigenvalue weighted by molar-refractivity contribution is 0.398. The van der Waals surface area contributed by atoms with Gasteiger partial charge in [0.05, 0.1) is 22.4 Å². The molecule has 0 spiro atoms. The highest BCUT2D eigenvalue weighted by Gasteiger charge is 2.42. The van der Waals surface area contributed by atoms with E-state index in [1.165, 1.54) is 143 Å². The van der Waals surface area contributed by atoms with Gasteiger partial charge in [0.1, 0.15) is 0 Å². The van der Waals surface area contributed by atoms with Gasteiger partial charge >= 0.3 is 0 Å². The van der Waals surface area contributed by atoms with Gasteiger partial charge in [-0.1, -0.05) is 215 Å². The van der Waals surface area contributed by atoms with E-state index in [4.69, 9.17) is 9.97 Å². The van der Waals surface area contributed by atoms with Crippen LogP contribution in [0.5, 0.6) is 0 Å². The van der Waals surface area contributed by atoms with Crippen molar-refractivity contribution in [1.29, 1.82) is 0 Å². The van der Waals surface area contributed by atoms with Crippen molar-refractivity contribution in [2.45, 2.75) is 163 Å². The number of fused-ring (bicyclic) bond motifs is 4. The van der Waals surface area contributed by atoms with E-state index in [2.05, 4.69) is 177 Å². The topological polar surface area (TPSA) is 25.8 Å². The number of hydrogen-bond donors (Lipinski definition) is 0. The van der Waals surface area contributed by atoms with Crippen molar-refractivity contribution in [3.63, 3.8) is 0 Å². The second-order valence-corrected chi connectivity index (χ2v) is 23.2. The van der Waals surface area contributed by atoms with Gasteiger partial charge in [0.2, 0.25) is 0 Å². The summed E-state index contributed by atoms with van der Waals surface area (Å²) in [6, 6.07) is 46.6. The van der Waals surface area contributed by atoms with Crippen molar-refractivity contribution in [1.82, 2.24) is 9.97 Å². The largest absolute Gasteiger partial charge is 0.243 e. The summed E-state index contributed by atoms with van der Waals surface area (Å²) in [5, 5.41) is 0. The second-order valence-electron chi connectivity index (χ2n) is 20.8. The number of unbranched alkanes of at least 4 members (excludes halogenated alkanes) is 10. The van der Waals surface area contributed by atoms with Crippen molar-refractivity contribution in [2.75, 3.05) is 0 Å². The molecular weight excluding hydrogens is 873 g/mol. The Morgan fingerprint density at radius 3 is 1.36 bits per heavy atom. The summed E-state index contributed by atoms with van der Waals surface area (Å²) in [6.07, 6.45) is 18.3. The summed E-state index contributed by atoms with van der Waals surface area (Å²) in [4.78, 5) is 16.5. The lowest BCUT2D eigenvalue weighted by Gasteiger charge is -2.33. The number of aromatic nitrogens is 2. The second kappa shape index (κ2) is 21.9. The van der Waals surface area contributed by atoms with E-state index in [-0.39, 0.29) is 5.41 Å². The molecule has 2 nitrogen and oxygen atoms in total. The van der Waals surface area contributed by atoms with E-state index in [0.717, 1.165) is 44.7 Å². The molecule has 0 amide bonds. The van der Waals surface area contributed by atoms with Crippen molar-refractivity contribution in [2.24, 2.45) is 0 Å². The minimum absolute atomic E-state index is 0.0423. The van der Waals surface area contributed by atoms with Crippen LogP contribution >= 0.6 is 22.7 Å². The highest BCUT2D eigenvalue weighted by Crippen LogP contribution is 2.56. The van der Waals surface area contributed by atoms with E-state index < -0.39 is 0 Å². The van der Waals surface area contributed by atoms with E-state index in [9.17, 15) is 0 Å². The first-order valence-corrected chi connectivity index (χ1v) is 28.2. The minimum Gasteiger partial charge on any atom is -0.243 e. The minimum atomic E-state index is 0.0423. The lowest BCUT2D eigenvalue weighted by atomic mass is 9.70. The molecule has 69 heavy (non-hydrogen) atoms. The number of nitrogens with zero attached hydrogens (tertiary/aromatic N) is 2. The maximum absolute atomic E-state index is 5.75. The van der Waals surface area contributed by atoms with Gasteiger partial charge in [-0.25, -0.2) is 9.97 Å². The molecule has 3 heterocycles. The van der Waals surface area contributed by atoms with E-state index in [1.807, 2.05) is 22.7 Å². The maximum Gasteiger partial charge on any atom is 0.0988 e. The van der Waals surface area contributed by atoms with Crippen LogP contribution in [-0.2, 0) is 5.41 Å². The number of thiophene rings is 2. The first kappa shape index (κ1) is 48.8. The van der Waals surface area contributed by atoms with Crippen LogP contribution in [0.3, 0.4) is 0 Å². The molecule has 0 saturated carbocycles. The fourth-order valence-corrected chi connectivity index (χ4v) is 13.0. The fourth-order valence-electron chi connectivity index (χ4n) is 11.0. The van der Waals surface area contributed by atoms with Crippen LogP contribution in [0.25, 0.3) is 76.0 Å². The first-order chi connectivity index (χ1) is 33.6. The van der Waals surface area contributed by atoms with Crippen LogP contribution in [0.2, 0.25) is 0 Å². The number of benzene rings is 5. The maximum atomic E-state index is 5.75. The molecule has 8 aromatic rings. The Morgan fingerprint density at radius 1 is 0.420 bits per heavy atom. The van der Waals surface area contributed by atoms with Crippen LogP contribution in [0.4, 0.5) is 0 Å². The number of hydrogen-bond acceptors (Lipinski definition) is 4. The molecule has 1 aliphatic carbocycles. The predicted octanol–water partition coefficient (Wildman–Crippen LogP) is 20.7. The Hall–Kier alpha value is -5.16. The van der Waals surface area contributed by atoms with Crippen LogP contribution in [0.1, 0.15) is 176 Å². The van der Waals surface area contributed by atoms with Crippen LogP contribution < -0.4 is 0 Å². The Morgan fingerprint density at radius 2 is 0.855 bits per heavy atom. The van der Waals surface area contributed by atoms with Crippen molar-refractivity contribution >= 4 is 33.7 Å². The molecule has 0 fully saturated rings. The van der Waals surface area contributed by atoms with E-state index in [0.29, 0.717) is 11.8 Å². The quantitative estimate of drug-likeness (QED) is 0.0671. The van der Waals surface area contributed by atoms with Gasteiger partial charge in [0.25, 0.3) is 0 Å². The monoisotopic (exact) mass is 947 g/mol. The Kier molecular flexibility index (Phi) is 15.5. The summed E-state index contributed by atoms with van der Waals surface area (Å²) >= 11 is 3.72. The van der Waals surface area contributed by atoms with Gasteiger partial charge in [0, 0.05) is 47.2 Å². The molecule has 0 N–H and O–H groups in total. The average molecular weight is 947 g/mol. The van der Waals surface area contributed by atoms with Crippen molar-refractivity contribution < 1.29 is 0 Å². The van der Waals surface area contributed by atoms with Gasteiger partial charge < -0.3 is 0 Å². The molecule has 1 aliphatic rings. The fraction of sp³-hybridized carbons (Fsp3) is 0.385. The first-order valence-electron chi connectivity index (χ1n) is 26.6. The third kappa shape index (κ3) is 10.4. The number of rotatable bonds is 21. The molecule has 0 radical (unpaired) electrons. The summed E-state index contributed by atoms with van der Waals surface area (Å²) in [5.74, 6) is 0.898. The zero-order chi connectivity index (χ0) is 48.1. The van der Waals surface area contributed by atoms with Crippen LogP contribution in [0, 0.1) is 13.8 Å². The SMILES string of the molecule is CCCCCCCCC1(CCCCCCCC)c2cc(C)ccc2-c2ccc(-c3ccc(-c4ccc(-c5ccc(C)s5)c5nc(-c6ccc(C(C)C)cc6)c(-c6ccc(C(C)C)cc6)nc45)s3)cc21. The van der Waals surface area contributed by atoms with Crippen LogP contribution in [0.15, 0.2) is 121 Å². The summed E-state index contributed by atoms with van der Waals surface area (Å²) in [7, 11) is 0. The Labute approximate surface area is 422 Å². The predicted molar refractivity (Wildman–Crippen MR) is 302 cm³/mol. The lowest BCUT2D eigenvalue weighted by Crippen LogP contribution is -2.25. The van der Waals surface area contributed by atoms with Gasteiger partial charge in [-0.05, 0) is 108 Å². The summed E-state index contributed by atoms with van der Waals surface area (Å²) in [6.45, 7) is 18.2. The summed E-state index contributed by atoms with van der Waals surface area (Å²) in [5.41, 5.74) is 19.7. The zero-order valence-corrected chi connectivity index (χ0v) is 44.4. The van der Waals surface area contributed by atoms with Gasteiger partial charge in [-0.3, -0.25) is 0 Å². The Balaban J connectivity index is 1.16. The average Bonchev–Trinajstić information content (AvgIpc) is 4.10. The van der Waals surface area contributed by atoms with Crippen molar-refractivity contribution in [3.8, 4) is 65.0 Å². The van der Waals surface area contributed by atoms with Gasteiger partial charge in [0.15, 0.2) is 0 Å². The number of aryl methyl sites for hydroxylation is 2. The molecule has 0 atom stereocenters. The molecular formula is C65H74N2S2. The summed E-state index contributed by atoms with van der Waals surface area (Å²) < 4.78 is 0. The van der Waals surface area contributed by atoms with Gasteiger partial charge in [-0.2, -0.15) is 0 Å². The third-order valence-electron chi connectivity index (χ3n) is 15.1. The smallest absolute Gasteiger partial charge is 0.0988 e. The highest BCUT2D eigenvalue weighted by atomic mass is 32.1. The highest BCUT2D eigenvalue weighted by molar-refractivity contribution is 7.19. The zero-order valence-electron chi connectivity index (χ0n) is 42.8. The molecule has 3 aromatic heterocycles. The molecule has 0 saturated heterocycles. The van der Waals surface area contributed by atoms with E-state index in [1.54, 1.807) is 11.1 Å². The normalized spacial score (nSPS) is 13.0. The molecule has 9 rings (SSSR count). The molecule has 4 heteroatoms. The van der Waals surface area contributed by atoms with Crippen LogP contribution in [-0.4, -0.2) is 9.97 Å². The third-order valence-corrected chi connectivity index (χ3v) is 17.3. The standard InChI is InChI=1S/C65H74N2S2/c1-9-11-13-15-17-19-39-65(40-20-18-16-14-12-10-2)56-41-45(7)21-32-52(56)53-33-31-51(42-57(53)65)58-37-38-60(69-58)55-35-34-54(59-36-22-46(8)68-59)63-64(55)67-62(50-29-25-48(26-30-50)44(5)6)61(66-63)49-27-23-47(24-28-49)43(3)4/h21-38,41-44H,9-20,39-40H2,1-8H3. The molecule has 0 bridgehead atoms.